The zero-order valence-electron chi connectivity index (χ0n) is 17.2. The van der Waals surface area contributed by atoms with Gasteiger partial charge in [0.05, 0.1) is 17.1 Å². The van der Waals surface area contributed by atoms with Crippen molar-refractivity contribution in [1.29, 1.82) is 0 Å². The number of sulfonamides is 1. The number of likely N-dealkylation sites (tertiary alicyclic amines) is 1. The van der Waals surface area contributed by atoms with Gasteiger partial charge in [-0.05, 0) is 45.7 Å². The Morgan fingerprint density at radius 1 is 1.03 bits per heavy atom. The molecule has 160 valence electrons. The van der Waals surface area contributed by atoms with Crippen LogP contribution in [0.3, 0.4) is 0 Å². The Hall–Kier alpha value is -2.13. The van der Waals surface area contributed by atoms with Gasteiger partial charge in [0.15, 0.2) is 0 Å². The van der Waals surface area contributed by atoms with Crippen LogP contribution in [0.15, 0.2) is 29.2 Å². The van der Waals surface area contributed by atoms with Crippen molar-refractivity contribution < 1.29 is 22.7 Å². The van der Waals surface area contributed by atoms with Crippen LogP contribution in [-0.4, -0.2) is 79.4 Å². The number of amides is 3. The molecular formula is C20H29N3O5S. The molecule has 0 radical (unpaired) electrons. The lowest BCUT2D eigenvalue weighted by Gasteiger charge is -2.36. The average molecular weight is 424 g/mol. The van der Waals surface area contributed by atoms with Crippen molar-refractivity contribution in [2.24, 2.45) is 0 Å². The molecule has 29 heavy (non-hydrogen) atoms. The van der Waals surface area contributed by atoms with Gasteiger partial charge in [-0.1, -0.05) is 17.7 Å². The molecule has 2 saturated heterocycles. The van der Waals surface area contributed by atoms with Gasteiger partial charge in [-0.3, -0.25) is 4.79 Å². The Labute approximate surface area is 172 Å². The summed E-state index contributed by atoms with van der Waals surface area (Å²) >= 11 is 0. The summed E-state index contributed by atoms with van der Waals surface area (Å²) in [5, 5.41) is 0. The molecule has 1 aromatic rings. The van der Waals surface area contributed by atoms with Crippen molar-refractivity contribution in [3.05, 3.63) is 29.8 Å². The maximum absolute atomic E-state index is 13.3. The van der Waals surface area contributed by atoms with E-state index in [4.69, 9.17) is 4.74 Å². The zero-order valence-corrected chi connectivity index (χ0v) is 18.0. The minimum absolute atomic E-state index is 0.00663. The second-order valence-electron chi connectivity index (χ2n) is 7.86. The molecule has 3 amide bonds. The predicted molar refractivity (Wildman–Crippen MR) is 108 cm³/mol. The van der Waals surface area contributed by atoms with E-state index in [1.54, 1.807) is 17.0 Å². The van der Waals surface area contributed by atoms with Crippen LogP contribution in [0.5, 0.6) is 0 Å². The lowest BCUT2D eigenvalue weighted by molar-refractivity contribution is -0.143. The van der Waals surface area contributed by atoms with Crippen molar-refractivity contribution in [3.63, 3.8) is 0 Å². The Kier molecular flexibility index (Phi) is 6.48. The molecule has 1 aromatic carbocycles. The Morgan fingerprint density at radius 3 is 2.14 bits per heavy atom. The zero-order chi connectivity index (χ0) is 21.2. The Morgan fingerprint density at radius 2 is 1.59 bits per heavy atom. The molecule has 2 unspecified atom stereocenters. The molecule has 2 heterocycles. The maximum Gasteiger partial charge on any atom is 0.334 e. The SMILES string of the molecule is Cc1ccc(S(=O)(=O)N(CC(=O)N2CC(C)OC(C)C2)C(=O)N2CCCC2)cc1. The second kappa shape index (κ2) is 8.71. The molecule has 2 fully saturated rings. The van der Waals surface area contributed by atoms with Crippen molar-refractivity contribution in [2.75, 3.05) is 32.7 Å². The number of rotatable bonds is 4. The third kappa shape index (κ3) is 4.90. The first kappa shape index (κ1) is 21.6. The summed E-state index contributed by atoms with van der Waals surface area (Å²) in [5.74, 6) is -0.393. The minimum atomic E-state index is -4.15. The summed E-state index contributed by atoms with van der Waals surface area (Å²) in [6.07, 6.45) is 1.38. The van der Waals surface area contributed by atoms with Crippen LogP contribution in [0.1, 0.15) is 32.3 Å². The third-order valence-corrected chi connectivity index (χ3v) is 6.98. The van der Waals surface area contributed by atoms with E-state index in [0.29, 0.717) is 26.2 Å². The number of carbonyl (C=O) groups is 2. The van der Waals surface area contributed by atoms with Crippen LogP contribution in [0.2, 0.25) is 0 Å². The van der Waals surface area contributed by atoms with Crippen molar-refractivity contribution in [2.45, 2.75) is 50.7 Å². The second-order valence-corrected chi connectivity index (χ2v) is 9.72. The van der Waals surface area contributed by atoms with E-state index in [2.05, 4.69) is 0 Å². The molecule has 2 aliphatic rings. The summed E-state index contributed by atoms with van der Waals surface area (Å²) in [4.78, 5) is 29.1. The predicted octanol–water partition coefficient (Wildman–Crippen LogP) is 1.84. The number of morpholine rings is 1. The molecule has 8 nitrogen and oxygen atoms in total. The van der Waals surface area contributed by atoms with Crippen LogP contribution in [0.25, 0.3) is 0 Å². The molecule has 3 rings (SSSR count). The molecule has 9 heteroatoms. The van der Waals surface area contributed by atoms with E-state index in [1.165, 1.54) is 17.0 Å². The van der Waals surface area contributed by atoms with Crippen LogP contribution in [0.4, 0.5) is 4.79 Å². The highest BCUT2D eigenvalue weighted by Crippen LogP contribution is 2.21. The van der Waals surface area contributed by atoms with E-state index >= 15 is 0 Å². The maximum atomic E-state index is 13.3. The first-order valence-electron chi connectivity index (χ1n) is 10.00. The smallest absolute Gasteiger partial charge is 0.334 e. The van der Waals surface area contributed by atoms with Crippen LogP contribution >= 0.6 is 0 Å². The van der Waals surface area contributed by atoms with Gasteiger partial charge < -0.3 is 14.5 Å². The van der Waals surface area contributed by atoms with Crippen molar-refractivity contribution in [3.8, 4) is 0 Å². The van der Waals surface area contributed by atoms with E-state index in [-0.39, 0.29) is 17.1 Å². The fourth-order valence-electron chi connectivity index (χ4n) is 3.76. The summed E-state index contributed by atoms with van der Waals surface area (Å²) in [5.41, 5.74) is 0.911. The molecule has 0 spiro atoms. The minimum Gasteiger partial charge on any atom is -0.372 e. The number of ether oxygens (including phenoxy) is 1. The average Bonchev–Trinajstić information content (AvgIpc) is 3.19. The molecule has 2 atom stereocenters. The molecular weight excluding hydrogens is 394 g/mol. The highest BCUT2D eigenvalue weighted by molar-refractivity contribution is 7.89. The van der Waals surface area contributed by atoms with E-state index < -0.39 is 28.5 Å². The van der Waals surface area contributed by atoms with Gasteiger partial charge in [-0.2, -0.15) is 0 Å². The molecule has 2 aliphatic heterocycles. The summed E-state index contributed by atoms with van der Waals surface area (Å²) in [6, 6.07) is 5.67. The number of carbonyl (C=O) groups excluding carboxylic acids is 2. The van der Waals surface area contributed by atoms with Gasteiger partial charge >= 0.3 is 6.03 Å². The first-order chi connectivity index (χ1) is 13.7. The van der Waals surface area contributed by atoms with Crippen molar-refractivity contribution >= 4 is 22.0 Å². The Balaban J connectivity index is 1.87. The number of benzene rings is 1. The van der Waals surface area contributed by atoms with E-state index in [0.717, 1.165) is 22.7 Å². The highest BCUT2D eigenvalue weighted by Gasteiger charge is 2.37. The monoisotopic (exact) mass is 423 g/mol. The summed E-state index contributed by atoms with van der Waals surface area (Å²) in [7, 11) is -4.15. The first-order valence-corrected chi connectivity index (χ1v) is 11.4. The molecule has 0 saturated carbocycles. The topological polar surface area (TPSA) is 87.2 Å². The third-order valence-electron chi connectivity index (χ3n) is 5.25. The molecule has 0 N–H and O–H groups in total. The fraction of sp³-hybridized carbons (Fsp3) is 0.600. The number of hydrogen-bond donors (Lipinski definition) is 0. The standard InChI is InChI=1S/C20H29N3O5S/c1-15-6-8-18(9-7-15)29(26,27)23(20(25)21-10-4-5-11-21)14-19(24)22-12-16(2)28-17(3)13-22/h6-9,16-17H,4-5,10-14H2,1-3H3. The summed E-state index contributed by atoms with van der Waals surface area (Å²) in [6.45, 7) is 6.83. The molecule has 0 aromatic heterocycles. The van der Waals surface area contributed by atoms with Crippen LogP contribution < -0.4 is 0 Å². The number of urea groups is 1. The molecule has 0 aliphatic carbocycles. The van der Waals surface area contributed by atoms with Crippen molar-refractivity contribution in [1.82, 2.24) is 14.1 Å². The lowest BCUT2D eigenvalue weighted by Crippen LogP contribution is -2.54. The number of aryl methyl sites for hydroxylation is 1. The van der Waals surface area contributed by atoms with Gasteiger partial charge in [-0.15, -0.1) is 0 Å². The van der Waals surface area contributed by atoms with Crippen LogP contribution in [-0.2, 0) is 19.6 Å². The molecule has 0 bridgehead atoms. The van der Waals surface area contributed by atoms with Gasteiger partial charge in [0.2, 0.25) is 5.91 Å². The Bertz CT molecular complexity index is 839. The normalized spacial score (nSPS) is 22.6. The van der Waals surface area contributed by atoms with E-state index in [9.17, 15) is 18.0 Å². The van der Waals surface area contributed by atoms with Gasteiger partial charge in [0.1, 0.15) is 6.54 Å². The summed E-state index contributed by atoms with van der Waals surface area (Å²) < 4.78 is 32.9. The largest absolute Gasteiger partial charge is 0.372 e. The number of hydrogen-bond acceptors (Lipinski definition) is 5. The highest BCUT2D eigenvalue weighted by atomic mass is 32.2. The quantitative estimate of drug-likeness (QED) is 0.737. The lowest BCUT2D eigenvalue weighted by atomic mass is 10.2. The fourth-order valence-corrected chi connectivity index (χ4v) is 5.10. The van der Waals surface area contributed by atoms with E-state index in [1.807, 2.05) is 20.8 Å². The van der Waals surface area contributed by atoms with Gasteiger partial charge in [0.25, 0.3) is 10.0 Å². The van der Waals surface area contributed by atoms with Crippen LogP contribution in [0, 0.1) is 6.92 Å². The van der Waals surface area contributed by atoms with Gasteiger partial charge in [0, 0.05) is 26.2 Å². The van der Waals surface area contributed by atoms with Gasteiger partial charge in [-0.25, -0.2) is 17.5 Å². The number of nitrogens with zero attached hydrogens (tertiary/aromatic N) is 3.